The van der Waals surface area contributed by atoms with Crippen LogP contribution < -0.4 is 0 Å². The summed E-state index contributed by atoms with van der Waals surface area (Å²) >= 11 is 0. The Morgan fingerprint density at radius 2 is 2.06 bits per heavy atom. The molecule has 0 fully saturated rings. The SMILES string of the molecule is COCc1cc(C[N+](=O)[O-])cc(C(=O)O)c1. The van der Waals surface area contributed by atoms with E-state index in [2.05, 4.69) is 0 Å². The van der Waals surface area contributed by atoms with Crippen LogP contribution in [-0.2, 0) is 17.9 Å². The summed E-state index contributed by atoms with van der Waals surface area (Å²) in [6.07, 6.45) is 0. The molecule has 0 aliphatic heterocycles. The summed E-state index contributed by atoms with van der Waals surface area (Å²) in [6, 6.07) is 4.30. The van der Waals surface area contributed by atoms with Gasteiger partial charge in [0.25, 0.3) is 0 Å². The molecule has 6 nitrogen and oxygen atoms in total. The molecule has 0 amide bonds. The Hall–Kier alpha value is -1.95. The zero-order valence-electron chi connectivity index (χ0n) is 8.67. The number of methoxy groups -OCH3 is 1. The van der Waals surface area contributed by atoms with Crippen LogP contribution in [0.5, 0.6) is 0 Å². The van der Waals surface area contributed by atoms with Crippen molar-refractivity contribution in [2.24, 2.45) is 0 Å². The molecule has 0 atom stereocenters. The highest BCUT2D eigenvalue weighted by molar-refractivity contribution is 5.88. The standard InChI is InChI=1S/C10H11NO5/c1-16-6-8-2-7(5-11(14)15)3-9(4-8)10(12)13/h2-4H,5-6H2,1H3,(H,12,13). The zero-order valence-corrected chi connectivity index (χ0v) is 8.67. The van der Waals surface area contributed by atoms with Crippen LogP contribution in [0.3, 0.4) is 0 Å². The second-order valence-corrected chi connectivity index (χ2v) is 3.27. The highest BCUT2D eigenvalue weighted by Crippen LogP contribution is 2.12. The Balaban J connectivity index is 3.07. The fraction of sp³-hybridized carbons (Fsp3) is 0.300. The maximum absolute atomic E-state index is 10.8. The Bertz CT molecular complexity index is 416. The lowest BCUT2D eigenvalue weighted by Gasteiger charge is -2.04. The fourth-order valence-corrected chi connectivity index (χ4v) is 1.38. The van der Waals surface area contributed by atoms with E-state index in [4.69, 9.17) is 9.84 Å². The second kappa shape index (κ2) is 5.22. The quantitative estimate of drug-likeness (QED) is 0.602. The zero-order chi connectivity index (χ0) is 12.1. The summed E-state index contributed by atoms with van der Waals surface area (Å²) in [4.78, 5) is 20.6. The normalized spacial score (nSPS) is 10.1. The summed E-state index contributed by atoms with van der Waals surface area (Å²) in [5.74, 6) is -1.11. The van der Waals surface area contributed by atoms with E-state index in [1.54, 1.807) is 6.07 Å². The average Bonchev–Trinajstić information content (AvgIpc) is 2.16. The maximum Gasteiger partial charge on any atom is 0.335 e. The van der Waals surface area contributed by atoms with Gasteiger partial charge in [0.2, 0.25) is 6.54 Å². The van der Waals surface area contributed by atoms with Crippen LogP contribution in [0.25, 0.3) is 0 Å². The Labute approximate surface area is 91.6 Å². The Morgan fingerprint density at radius 1 is 1.44 bits per heavy atom. The summed E-state index contributed by atoms with van der Waals surface area (Å²) in [7, 11) is 1.47. The topological polar surface area (TPSA) is 89.7 Å². The smallest absolute Gasteiger partial charge is 0.335 e. The van der Waals surface area contributed by atoms with Crippen LogP contribution in [-0.4, -0.2) is 23.1 Å². The molecule has 0 spiro atoms. The number of nitro groups is 1. The van der Waals surface area contributed by atoms with Crippen LogP contribution in [0.2, 0.25) is 0 Å². The number of carboxylic acids is 1. The lowest BCUT2D eigenvalue weighted by molar-refractivity contribution is -0.496. The predicted octanol–water partition coefficient (Wildman–Crippen LogP) is 1.31. The number of carbonyl (C=O) groups is 1. The van der Waals surface area contributed by atoms with Crippen molar-refractivity contribution in [3.8, 4) is 0 Å². The highest BCUT2D eigenvalue weighted by atomic mass is 16.6. The molecule has 1 aromatic rings. The number of hydrogen-bond donors (Lipinski definition) is 1. The third kappa shape index (κ3) is 3.32. The minimum atomic E-state index is -1.11. The van der Waals surface area contributed by atoms with Gasteiger partial charge in [0.1, 0.15) is 0 Å². The van der Waals surface area contributed by atoms with E-state index in [0.29, 0.717) is 11.1 Å². The van der Waals surface area contributed by atoms with Gasteiger partial charge in [-0.2, -0.15) is 0 Å². The number of benzene rings is 1. The van der Waals surface area contributed by atoms with Gasteiger partial charge in [-0.15, -0.1) is 0 Å². The number of hydrogen-bond acceptors (Lipinski definition) is 4. The minimum Gasteiger partial charge on any atom is -0.478 e. The first-order chi connectivity index (χ1) is 7.52. The molecule has 0 saturated heterocycles. The summed E-state index contributed by atoms with van der Waals surface area (Å²) in [6.45, 7) is -0.163. The van der Waals surface area contributed by atoms with Crippen molar-refractivity contribution in [1.29, 1.82) is 0 Å². The first-order valence-electron chi connectivity index (χ1n) is 4.50. The van der Waals surface area contributed by atoms with Crippen LogP contribution in [0, 0.1) is 10.1 Å². The molecule has 0 aromatic heterocycles. The van der Waals surface area contributed by atoms with Crippen molar-refractivity contribution >= 4 is 5.97 Å². The van der Waals surface area contributed by atoms with Gasteiger partial charge < -0.3 is 9.84 Å². The maximum atomic E-state index is 10.8. The molecule has 86 valence electrons. The summed E-state index contributed by atoms with van der Waals surface area (Å²) in [5.41, 5.74) is 1.00. The number of nitrogens with zero attached hydrogens (tertiary/aromatic N) is 1. The van der Waals surface area contributed by atoms with Crippen molar-refractivity contribution in [2.75, 3.05) is 7.11 Å². The summed E-state index contributed by atoms with van der Waals surface area (Å²) in [5, 5.41) is 19.2. The number of rotatable bonds is 5. The van der Waals surface area contributed by atoms with Crippen LogP contribution in [0.4, 0.5) is 0 Å². The first-order valence-corrected chi connectivity index (χ1v) is 4.50. The van der Waals surface area contributed by atoms with Gasteiger partial charge in [-0.05, 0) is 23.8 Å². The lowest BCUT2D eigenvalue weighted by Crippen LogP contribution is -2.04. The summed E-state index contributed by atoms with van der Waals surface area (Å²) < 4.78 is 4.86. The molecule has 0 bridgehead atoms. The van der Waals surface area contributed by atoms with E-state index < -0.39 is 17.4 Å². The lowest BCUT2D eigenvalue weighted by atomic mass is 10.1. The van der Waals surface area contributed by atoms with Gasteiger partial charge in [-0.25, -0.2) is 4.79 Å². The number of aromatic carboxylic acids is 1. The van der Waals surface area contributed by atoms with Gasteiger partial charge in [-0.1, -0.05) is 0 Å². The molecule has 1 N–H and O–H groups in total. The fourth-order valence-electron chi connectivity index (χ4n) is 1.38. The van der Waals surface area contributed by atoms with Crippen molar-refractivity contribution in [3.05, 3.63) is 45.0 Å². The molecule has 0 saturated carbocycles. The molecule has 6 heteroatoms. The van der Waals surface area contributed by atoms with Gasteiger partial charge in [0, 0.05) is 17.6 Å². The van der Waals surface area contributed by atoms with Gasteiger partial charge in [-0.3, -0.25) is 10.1 Å². The van der Waals surface area contributed by atoms with Crippen LogP contribution in [0.15, 0.2) is 18.2 Å². The Kier molecular flexibility index (Phi) is 3.96. The average molecular weight is 225 g/mol. The number of carboxylic acid groups (broad SMARTS) is 1. The minimum absolute atomic E-state index is 0.0337. The predicted molar refractivity (Wildman–Crippen MR) is 54.8 cm³/mol. The van der Waals surface area contributed by atoms with Crippen molar-refractivity contribution < 1.29 is 19.6 Å². The third-order valence-electron chi connectivity index (χ3n) is 1.92. The van der Waals surface area contributed by atoms with Crippen LogP contribution in [0.1, 0.15) is 21.5 Å². The monoisotopic (exact) mass is 225 g/mol. The van der Waals surface area contributed by atoms with Gasteiger partial charge >= 0.3 is 5.97 Å². The van der Waals surface area contributed by atoms with E-state index in [0.717, 1.165) is 0 Å². The molecule has 0 unspecified atom stereocenters. The van der Waals surface area contributed by atoms with E-state index in [9.17, 15) is 14.9 Å². The molecule has 1 rings (SSSR count). The largest absolute Gasteiger partial charge is 0.478 e. The molecular weight excluding hydrogens is 214 g/mol. The molecule has 16 heavy (non-hydrogen) atoms. The molecule has 0 aliphatic rings. The highest BCUT2D eigenvalue weighted by Gasteiger charge is 2.10. The van der Waals surface area contributed by atoms with Gasteiger partial charge in [0.15, 0.2) is 0 Å². The van der Waals surface area contributed by atoms with Crippen LogP contribution >= 0.6 is 0 Å². The van der Waals surface area contributed by atoms with E-state index in [-0.39, 0.29) is 12.2 Å². The van der Waals surface area contributed by atoms with E-state index >= 15 is 0 Å². The van der Waals surface area contributed by atoms with E-state index in [1.807, 2.05) is 0 Å². The third-order valence-corrected chi connectivity index (χ3v) is 1.92. The molecule has 0 heterocycles. The Morgan fingerprint density at radius 3 is 2.56 bits per heavy atom. The molecular formula is C10H11NO5. The molecule has 0 radical (unpaired) electrons. The molecule has 1 aromatic carbocycles. The van der Waals surface area contributed by atoms with Crippen molar-refractivity contribution in [2.45, 2.75) is 13.2 Å². The van der Waals surface area contributed by atoms with Crippen molar-refractivity contribution in [3.63, 3.8) is 0 Å². The number of ether oxygens (including phenoxy) is 1. The molecule has 0 aliphatic carbocycles. The van der Waals surface area contributed by atoms with E-state index in [1.165, 1.54) is 19.2 Å². The second-order valence-electron chi connectivity index (χ2n) is 3.27. The first kappa shape index (κ1) is 12.1. The van der Waals surface area contributed by atoms with Gasteiger partial charge in [0.05, 0.1) is 12.2 Å². The van der Waals surface area contributed by atoms with Crippen molar-refractivity contribution in [1.82, 2.24) is 0 Å².